The smallest absolute Gasteiger partial charge is 0.399 e. The third-order valence-corrected chi connectivity index (χ3v) is 2.74. The molecule has 0 spiro atoms. The fourth-order valence-electron chi connectivity index (χ4n) is 1.35. The molecule has 19 heavy (non-hydrogen) atoms. The number of benzene rings is 1. The summed E-state index contributed by atoms with van der Waals surface area (Å²) in [5.41, 5.74) is 8.58. The molecule has 4 nitrogen and oxygen atoms in total. The van der Waals surface area contributed by atoms with Crippen LogP contribution < -0.4 is 16.8 Å². The fourth-order valence-corrected chi connectivity index (χ4v) is 1.35. The van der Waals surface area contributed by atoms with Gasteiger partial charge in [-0.1, -0.05) is 0 Å². The van der Waals surface area contributed by atoms with Gasteiger partial charge >= 0.3 is 6.18 Å². The number of nitrogens with one attached hydrogen (secondary N) is 1. The lowest BCUT2D eigenvalue weighted by Crippen LogP contribution is -2.37. The van der Waals surface area contributed by atoms with Crippen LogP contribution in [0.1, 0.15) is 19.4 Å². The van der Waals surface area contributed by atoms with E-state index in [9.17, 15) is 18.0 Å². The van der Waals surface area contributed by atoms with Crippen LogP contribution in [0, 0.1) is 5.41 Å². The number of carbonyl (C=O) groups excluding carboxylic acids is 1. The minimum absolute atomic E-state index is 0.00463. The molecule has 0 saturated heterocycles. The molecule has 0 aliphatic rings. The van der Waals surface area contributed by atoms with Crippen LogP contribution in [-0.4, -0.2) is 12.5 Å². The van der Waals surface area contributed by atoms with Crippen LogP contribution in [0.5, 0.6) is 0 Å². The van der Waals surface area contributed by atoms with Crippen molar-refractivity contribution in [2.45, 2.75) is 20.0 Å². The fraction of sp³-hybridized carbons (Fsp3) is 0.417. The minimum Gasteiger partial charge on any atom is -0.399 e. The number of nitrogen functional groups attached to an aromatic ring is 1. The molecule has 1 amide bonds. The Hall–Kier alpha value is -1.92. The Kier molecular flexibility index (Phi) is 3.97. The summed E-state index contributed by atoms with van der Waals surface area (Å²) in [6.07, 6.45) is -4.52. The van der Waals surface area contributed by atoms with Crippen molar-refractivity contribution in [2.24, 2.45) is 11.1 Å². The number of alkyl halides is 3. The number of carbonyl (C=O) groups is 1. The summed E-state index contributed by atoms with van der Waals surface area (Å²) in [6, 6.07) is 3.43. The highest BCUT2D eigenvalue weighted by Crippen LogP contribution is 2.36. The normalized spacial score (nSPS) is 12.3. The van der Waals surface area contributed by atoms with E-state index in [1.54, 1.807) is 13.8 Å². The number of primary amides is 1. The van der Waals surface area contributed by atoms with Gasteiger partial charge in [-0.3, -0.25) is 4.79 Å². The highest BCUT2D eigenvalue weighted by Gasteiger charge is 2.34. The van der Waals surface area contributed by atoms with Gasteiger partial charge in [0.1, 0.15) is 0 Å². The van der Waals surface area contributed by atoms with Gasteiger partial charge in [0, 0.05) is 17.9 Å². The van der Waals surface area contributed by atoms with Crippen molar-refractivity contribution < 1.29 is 18.0 Å². The van der Waals surface area contributed by atoms with E-state index in [2.05, 4.69) is 5.32 Å². The van der Waals surface area contributed by atoms with E-state index in [0.29, 0.717) is 0 Å². The Morgan fingerprint density at radius 1 is 1.32 bits per heavy atom. The SMILES string of the molecule is CC(C)(CNc1ccc(N)cc1C(F)(F)F)C(N)=O. The van der Waals surface area contributed by atoms with E-state index in [1.807, 2.05) is 0 Å². The number of amides is 1. The van der Waals surface area contributed by atoms with Crippen molar-refractivity contribution >= 4 is 17.3 Å². The van der Waals surface area contributed by atoms with Crippen molar-refractivity contribution in [2.75, 3.05) is 17.6 Å². The summed E-state index contributed by atoms with van der Waals surface area (Å²) >= 11 is 0. The molecule has 0 aliphatic carbocycles. The maximum atomic E-state index is 12.8. The van der Waals surface area contributed by atoms with Crippen molar-refractivity contribution in [1.29, 1.82) is 0 Å². The summed E-state index contributed by atoms with van der Waals surface area (Å²) in [5, 5.41) is 2.59. The maximum Gasteiger partial charge on any atom is 0.418 e. The highest BCUT2D eigenvalue weighted by atomic mass is 19.4. The first-order valence-corrected chi connectivity index (χ1v) is 5.54. The lowest BCUT2D eigenvalue weighted by atomic mass is 9.92. The predicted octanol–water partition coefficient (Wildman–Crippen LogP) is 2.21. The second-order valence-electron chi connectivity index (χ2n) is 4.90. The van der Waals surface area contributed by atoms with Gasteiger partial charge in [-0.25, -0.2) is 0 Å². The van der Waals surface area contributed by atoms with Crippen LogP contribution >= 0.6 is 0 Å². The standard InChI is InChI=1S/C12H16F3N3O/c1-11(2,10(17)19)6-18-9-4-3-7(16)5-8(9)12(13,14)15/h3-5,18H,6,16H2,1-2H3,(H2,17,19). The lowest BCUT2D eigenvalue weighted by molar-refractivity contribution is -0.136. The Bertz CT molecular complexity index is 484. The molecule has 0 aromatic heterocycles. The van der Waals surface area contributed by atoms with Crippen LogP contribution in [0.25, 0.3) is 0 Å². The average Bonchev–Trinajstić information content (AvgIpc) is 2.26. The Labute approximate surface area is 109 Å². The largest absolute Gasteiger partial charge is 0.418 e. The van der Waals surface area contributed by atoms with Gasteiger partial charge in [0.05, 0.1) is 11.0 Å². The van der Waals surface area contributed by atoms with Crippen LogP contribution in [0.2, 0.25) is 0 Å². The second-order valence-corrected chi connectivity index (χ2v) is 4.90. The molecule has 0 unspecified atom stereocenters. The van der Waals surface area contributed by atoms with Crippen LogP contribution in [0.4, 0.5) is 24.5 Å². The van der Waals surface area contributed by atoms with Crippen molar-refractivity contribution in [3.63, 3.8) is 0 Å². The molecule has 0 atom stereocenters. The van der Waals surface area contributed by atoms with Gasteiger partial charge in [-0.15, -0.1) is 0 Å². The van der Waals surface area contributed by atoms with E-state index in [4.69, 9.17) is 11.5 Å². The summed E-state index contributed by atoms with van der Waals surface area (Å²) in [4.78, 5) is 11.1. The highest BCUT2D eigenvalue weighted by molar-refractivity contribution is 5.80. The van der Waals surface area contributed by atoms with E-state index < -0.39 is 23.1 Å². The third kappa shape index (κ3) is 3.77. The predicted molar refractivity (Wildman–Crippen MR) is 67.3 cm³/mol. The van der Waals surface area contributed by atoms with Gasteiger partial charge in [-0.05, 0) is 32.0 Å². The summed E-state index contributed by atoms with van der Waals surface area (Å²) < 4.78 is 38.5. The summed E-state index contributed by atoms with van der Waals surface area (Å²) in [6.45, 7) is 3.09. The molecule has 5 N–H and O–H groups in total. The zero-order valence-corrected chi connectivity index (χ0v) is 10.6. The number of hydrogen-bond acceptors (Lipinski definition) is 3. The van der Waals surface area contributed by atoms with Gasteiger partial charge < -0.3 is 16.8 Å². The second kappa shape index (κ2) is 4.99. The first-order valence-electron chi connectivity index (χ1n) is 5.54. The number of halogens is 3. The molecular formula is C12H16F3N3O. The molecule has 7 heteroatoms. The monoisotopic (exact) mass is 275 g/mol. The quantitative estimate of drug-likeness (QED) is 0.737. The van der Waals surface area contributed by atoms with Crippen molar-refractivity contribution in [1.82, 2.24) is 0 Å². The van der Waals surface area contributed by atoms with E-state index >= 15 is 0 Å². The van der Waals surface area contributed by atoms with Crippen LogP contribution in [-0.2, 0) is 11.0 Å². The van der Waals surface area contributed by atoms with E-state index in [0.717, 1.165) is 6.07 Å². The molecular weight excluding hydrogens is 259 g/mol. The average molecular weight is 275 g/mol. The molecule has 0 heterocycles. The molecule has 0 bridgehead atoms. The lowest BCUT2D eigenvalue weighted by Gasteiger charge is -2.23. The zero-order chi connectivity index (χ0) is 14.8. The number of rotatable bonds is 4. The molecule has 0 saturated carbocycles. The molecule has 0 fully saturated rings. The topological polar surface area (TPSA) is 81.1 Å². The minimum atomic E-state index is -4.52. The van der Waals surface area contributed by atoms with Crippen LogP contribution in [0.15, 0.2) is 18.2 Å². The molecule has 1 aromatic carbocycles. The first-order chi connectivity index (χ1) is 8.54. The van der Waals surface area contributed by atoms with Gasteiger partial charge in [-0.2, -0.15) is 13.2 Å². The maximum absolute atomic E-state index is 12.8. The number of anilines is 2. The van der Waals surface area contributed by atoms with Gasteiger partial charge in [0.25, 0.3) is 0 Å². The summed E-state index contributed by atoms with van der Waals surface area (Å²) in [7, 11) is 0. The first kappa shape index (κ1) is 15.1. The Balaban J connectivity index is 3.00. The summed E-state index contributed by atoms with van der Waals surface area (Å²) in [5.74, 6) is -0.594. The van der Waals surface area contributed by atoms with Crippen molar-refractivity contribution in [3.05, 3.63) is 23.8 Å². The third-order valence-electron chi connectivity index (χ3n) is 2.74. The van der Waals surface area contributed by atoms with Gasteiger partial charge in [0.15, 0.2) is 0 Å². The van der Waals surface area contributed by atoms with Crippen molar-refractivity contribution in [3.8, 4) is 0 Å². The Morgan fingerprint density at radius 3 is 2.37 bits per heavy atom. The molecule has 0 aliphatic heterocycles. The van der Waals surface area contributed by atoms with Gasteiger partial charge in [0.2, 0.25) is 5.91 Å². The molecule has 1 rings (SSSR count). The molecule has 106 valence electrons. The van der Waals surface area contributed by atoms with E-state index in [-0.39, 0.29) is 17.9 Å². The Morgan fingerprint density at radius 2 is 1.89 bits per heavy atom. The molecule has 1 aromatic rings. The van der Waals surface area contributed by atoms with Crippen LogP contribution in [0.3, 0.4) is 0 Å². The number of nitrogens with two attached hydrogens (primary N) is 2. The number of hydrogen-bond donors (Lipinski definition) is 3. The molecule has 0 radical (unpaired) electrons. The zero-order valence-electron chi connectivity index (χ0n) is 10.6. The van der Waals surface area contributed by atoms with E-state index in [1.165, 1.54) is 12.1 Å².